The fourth-order valence-corrected chi connectivity index (χ4v) is 6.40. The van der Waals surface area contributed by atoms with Gasteiger partial charge < -0.3 is 14.4 Å². The topological polar surface area (TPSA) is 56.1 Å². The van der Waals surface area contributed by atoms with Crippen LogP contribution in [-0.4, -0.2) is 46.8 Å². The molecule has 3 aliphatic rings. The number of aromatic nitrogens is 2. The highest BCUT2D eigenvalue weighted by Gasteiger charge is 2.46. The molecule has 3 heterocycles. The first-order chi connectivity index (χ1) is 17.5. The number of nitrogens with zero attached hydrogens (tertiary/aromatic N) is 3. The molecule has 2 atom stereocenters. The fourth-order valence-electron chi connectivity index (χ4n) is 6.40. The van der Waals surface area contributed by atoms with Crippen molar-refractivity contribution in [2.24, 2.45) is 0 Å². The molecule has 0 radical (unpaired) electrons. The molecular formula is C28H29F2N3O3. The summed E-state index contributed by atoms with van der Waals surface area (Å²) in [6.07, 6.45) is 8.78. The highest BCUT2D eigenvalue weighted by Crippen LogP contribution is 2.53. The molecule has 0 spiro atoms. The summed E-state index contributed by atoms with van der Waals surface area (Å²) < 4.78 is 39.2. The van der Waals surface area contributed by atoms with Gasteiger partial charge in [0.15, 0.2) is 0 Å². The Morgan fingerprint density at radius 2 is 2.00 bits per heavy atom. The van der Waals surface area contributed by atoms with Crippen molar-refractivity contribution in [3.63, 3.8) is 0 Å². The van der Waals surface area contributed by atoms with Crippen LogP contribution in [-0.2, 0) is 4.74 Å². The van der Waals surface area contributed by atoms with Crippen molar-refractivity contribution in [3.8, 4) is 5.75 Å². The number of rotatable bonds is 6. The fraction of sp³-hybridized carbons (Fsp3) is 0.429. The van der Waals surface area contributed by atoms with E-state index in [1.54, 1.807) is 30.2 Å². The standard InChI is InChI=1S/C28H29F2N3O3/c1-3-13-35-18-9-7-16(8-10-18)17-11-12-33-21(14-17)25-20-15-22(26(25)31-33)32(2)27(34)19-5-4-6-23(24(19)20)36-28(29)30/h3-6,11-12,14,16,18,20,22,28H,1,7-10,13,15H2,2H3/t16?,18?,20-,22-/m1/s1. The lowest BCUT2D eigenvalue weighted by Gasteiger charge is -2.28. The molecule has 1 aliphatic heterocycles. The summed E-state index contributed by atoms with van der Waals surface area (Å²) >= 11 is 0. The Kier molecular flexibility index (Phi) is 5.79. The third kappa shape index (κ3) is 3.70. The highest BCUT2D eigenvalue weighted by atomic mass is 19.3. The van der Waals surface area contributed by atoms with Gasteiger partial charge in [-0.1, -0.05) is 12.1 Å². The number of hydrogen-bond acceptors (Lipinski definition) is 4. The van der Waals surface area contributed by atoms with Crippen LogP contribution in [0.2, 0.25) is 0 Å². The number of fused-ring (bicyclic) bond motifs is 9. The number of carbonyl (C=O) groups is 1. The van der Waals surface area contributed by atoms with Gasteiger partial charge in [0.05, 0.1) is 30.0 Å². The molecule has 2 bridgehead atoms. The number of ether oxygens (including phenoxy) is 2. The van der Waals surface area contributed by atoms with E-state index in [0.29, 0.717) is 30.1 Å². The van der Waals surface area contributed by atoms with Crippen LogP contribution < -0.4 is 4.74 Å². The lowest BCUT2D eigenvalue weighted by molar-refractivity contribution is -0.0505. The average molecular weight is 494 g/mol. The molecule has 3 aromatic rings. The van der Waals surface area contributed by atoms with Gasteiger partial charge in [-0.15, -0.1) is 6.58 Å². The van der Waals surface area contributed by atoms with Crippen molar-refractivity contribution >= 4 is 11.4 Å². The van der Waals surface area contributed by atoms with Crippen molar-refractivity contribution in [2.75, 3.05) is 13.7 Å². The average Bonchev–Trinajstić information content (AvgIpc) is 3.40. The zero-order chi connectivity index (χ0) is 25.0. The first-order valence-electron chi connectivity index (χ1n) is 12.6. The first kappa shape index (κ1) is 23.2. The zero-order valence-electron chi connectivity index (χ0n) is 20.2. The van der Waals surface area contributed by atoms with Gasteiger partial charge in [0, 0.05) is 35.9 Å². The van der Waals surface area contributed by atoms with E-state index in [-0.39, 0.29) is 29.7 Å². The van der Waals surface area contributed by atoms with Gasteiger partial charge in [-0.2, -0.15) is 13.9 Å². The van der Waals surface area contributed by atoms with Gasteiger partial charge in [-0.05, 0) is 67.9 Å². The normalized spacial score (nSPS) is 25.1. The van der Waals surface area contributed by atoms with Crippen LogP contribution in [0.1, 0.15) is 82.7 Å². The third-order valence-electron chi connectivity index (χ3n) is 8.09. The molecule has 8 heteroatoms. The summed E-state index contributed by atoms with van der Waals surface area (Å²) in [4.78, 5) is 15.0. The Balaban J connectivity index is 1.41. The Bertz CT molecular complexity index is 1330. The van der Waals surface area contributed by atoms with Crippen LogP contribution in [0.5, 0.6) is 5.75 Å². The van der Waals surface area contributed by atoms with Crippen LogP contribution >= 0.6 is 0 Å². The second-order valence-corrected chi connectivity index (χ2v) is 10.0. The molecule has 6 nitrogen and oxygen atoms in total. The summed E-state index contributed by atoms with van der Waals surface area (Å²) in [6, 6.07) is 8.95. The van der Waals surface area contributed by atoms with Gasteiger partial charge in [0.2, 0.25) is 0 Å². The number of hydrogen-bond donors (Lipinski definition) is 0. The smallest absolute Gasteiger partial charge is 0.387 e. The van der Waals surface area contributed by atoms with Gasteiger partial charge in [-0.3, -0.25) is 4.79 Å². The number of halogens is 2. The molecule has 1 aromatic carbocycles. The number of carbonyl (C=O) groups excluding carboxylic acids is 1. The molecule has 0 unspecified atom stereocenters. The monoisotopic (exact) mass is 493 g/mol. The van der Waals surface area contributed by atoms with E-state index in [9.17, 15) is 13.6 Å². The Hall–Kier alpha value is -3.26. The van der Waals surface area contributed by atoms with E-state index < -0.39 is 6.61 Å². The Morgan fingerprint density at radius 3 is 2.75 bits per heavy atom. The van der Waals surface area contributed by atoms with Gasteiger partial charge >= 0.3 is 6.61 Å². The minimum Gasteiger partial charge on any atom is -0.434 e. The van der Waals surface area contributed by atoms with Crippen LogP contribution in [0.3, 0.4) is 0 Å². The van der Waals surface area contributed by atoms with E-state index in [2.05, 4.69) is 18.7 Å². The van der Waals surface area contributed by atoms with Crippen LogP contribution in [0.4, 0.5) is 8.78 Å². The third-order valence-corrected chi connectivity index (χ3v) is 8.09. The largest absolute Gasteiger partial charge is 0.434 e. The van der Waals surface area contributed by atoms with E-state index in [1.165, 1.54) is 11.6 Å². The van der Waals surface area contributed by atoms with Gasteiger partial charge in [-0.25, -0.2) is 4.52 Å². The lowest BCUT2D eigenvalue weighted by Crippen LogP contribution is -2.30. The van der Waals surface area contributed by atoms with E-state index >= 15 is 0 Å². The predicted octanol–water partition coefficient (Wildman–Crippen LogP) is 5.83. The highest BCUT2D eigenvalue weighted by molar-refractivity contribution is 5.98. The molecule has 0 saturated heterocycles. The molecule has 6 rings (SSSR count). The molecular weight excluding hydrogens is 464 g/mol. The molecule has 0 N–H and O–H groups in total. The Morgan fingerprint density at radius 1 is 1.19 bits per heavy atom. The summed E-state index contributed by atoms with van der Waals surface area (Å²) in [7, 11) is 1.76. The molecule has 36 heavy (non-hydrogen) atoms. The van der Waals surface area contributed by atoms with Crippen molar-refractivity contribution in [2.45, 2.75) is 62.7 Å². The number of alkyl halides is 2. The van der Waals surface area contributed by atoms with Crippen LogP contribution in [0.15, 0.2) is 49.2 Å². The zero-order valence-corrected chi connectivity index (χ0v) is 20.2. The van der Waals surface area contributed by atoms with E-state index in [4.69, 9.17) is 14.6 Å². The SMILES string of the molecule is C=CCOC1CCC(c2ccn3nc4c(c3c2)[C@@H]2C[C@H]4N(C)C(=O)c3cccc(OC(F)F)c32)CC1. The number of benzene rings is 1. The minimum atomic E-state index is -2.97. The van der Waals surface area contributed by atoms with Gasteiger partial charge in [0.25, 0.3) is 5.91 Å². The summed E-state index contributed by atoms with van der Waals surface area (Å²) in [5.74, 6) is 0.0498. The summed E-state index contributed by atoms with van der Waals surface area (Å²) in [5, 5.41) is 4.86. The molecule has 1 fully saturated rings. The second-order valence-electron chi connectivity index (χ2n) is 10.0. The second kappa shape index (κ2) is 9.00. The number of pyridine rings is 1. The van der Waals surface area contributed by atoms with Crippen molar-refractivity contribution < 1.29 is 23.0 Å². The quantitative estimate of drug-likeness (QED) is 0.406. The summed E-state index contributed by atoms with van der Waals surface area (Å²) in [6.45, 7) is 1.35. The predicted molar refractivity (Wildman–Crippen MR) is 131 cm³/mol. The van der Waals surface area contributed by atoms with Crippen LogP contribution in [0, 0.1) is 0 Å². The van der Waals surface area contributed by atoms with Crippen LogP contribution in [0.25, 0.3) is 5.52 Å². The summed E-state index contributed by atoms with van der Waals surface area (Å²) in [5.41, 5.74) is 5.04. The molecule has 2 aromatic heterocycles. The molecule has 1 amide bonds. The molecule has 1 saturated carbocycles. The lowest BCUT2D eigenvalue weighted by atomic mass is 9.82. The van der Waals surface area contributed by atoms with Gasteiger partial charge in [0.1, 0.15) is 5.75 Å². The molecule has 188 valence electrons. The first-order valence-corrected chi connectivity index (χ1v) is 12.6. The minimum absolute atomic E-state index is 0.0658. The number of amides is 1. The van der Waals surface area contributed by atoms with E-state index in [0.717, 1.165) is 42.5 Å². The van der Waals surface area contributed by atoms with Crippen molar-refractivity contribution in [3.05, 3.63) is 77.1 Å². The molecule has 2 aliphatic carbocycles. The van der Waals surface area contributed by atoms with Crippen molar-refractivity contribution in [1.29, 1.82) is 0 Å². The maximum atomic E-state index is 13.3. The van der Waals surface area contributed by atoms with E-state index in [1.807, 2.05) is 10.7 Å². The maximum absolute atomic E-state index is 13.3. The van der Waals surface area contributed by atoms with Crippen molar-refractivity contribution in [1.82, 2.24) is 14.5 Å². The Labute approximate surface area is 208 Å². The maximum Gasteiger partial charge on any atom is 0.387 e.